The van der Waals surface area contributed by atoms with Crippen molar-refractivity contribution in [3.8, 4) is 0 Å². The van der Waals surface area contributed by atoms with Crippen LogP contribution in [-0.2, 0) is 5.41 Å². The lowest BCUT2D eigenvalue weighted by molar-refractivity contribution is 0.516. The minimum atomic E-state index is -0.514. The molecular weight excluding hydrogens is 260 g/mol. The lowest BCUT2D eigenvalue weighted by Gasteiger charge is -2.16. The van der Waals surface area contributed by atoms with Crippen molar-refractivity contribution in [1.82, 2.24) is 5.32 Å². The summed E-state index contributed by atoms with van der Waals surface area (Å²) in [6, 6.07) is 3.97. The highest BCUT2D eigenvalue weighted by molar-refractivity contribution is 5.77. The van der Waals surface area contributed by atoms with E-state index in [1.165, 1.54) is 18.2 Å². The number of hydrogen-bond donors (Lipinski definition) is 2. The van der Waals surface area contributed by atoms with Gasteiger partial charge in [-0.3, -0.25) is 4.99 Å². The van der Waals surface area contributed by atoms with Gasteiger partial charge in [-0.2, -0.15) is 0 Å². The normalized spacial score (nSPS) is 17.4. The number of guanidine groups is 1. The molecule has 1 saturated carbocycles. The number of benzene rings is 1. The first kappa shape index (κ1) is 14.8. The van der Waals surface area contributed by atoms with Crippen LogP contribution in [0.3, 0.4) is 0 Å². The molecule has 0 heterocycles. The smallest absolute Gasteiger partial charge is 0.188 e. The Morgan fingerprint density at radius 3 is 2.45 bits per heavy atom. The zero-order valence-corrected chi connectivity index (χ0v) is 11.9. The Bertz CT molecular complexity index is 488. The molecule has 5 heteroatoms. The zero-order valence-electron chi connectivity index (χ0n) is 11.9. The van der Waals surface area contributed by atoms with Crippen LogP contribution in [0.5, 0.6) is 0 Å². The summed E-state index contributed by atoms with van der Waals surface area (Å²) in [5.74, 6) is -0.192. The van der Waals surface area contributed by atoms with Crippen molar-refractivity contribution in [2.24, 2.45) is 16.6 Å². The molecule has 0 bridgehead atoms. The van der Waals surface area contributed by atoms with E-state index in [1.807, 2.05) is 0 Å². The summed E-state index contributed by atoms with van der Waals surface area (Å²) < 4.78 is 27.7. The molecule has 1 aromatic rings. The third-order valence-corrected chi connectivity index (χ3v) is 3.59. The number of hydrogen-bond acceptors (Lipinski definition) is 1. The fraction of sp³-hybridized carbons (Fsp3) is 0.533. The van der Waals surface area contributed by atoms with Gasteiger partial charge in [-0.1, -0.05) is 19.9 Å². The molecule has 0 aromatic heterocycles. The van der Waals surface area contributed by atoms with Gasteiger partial charge in [0.05, 0.1) is 6.54 Å². The summed E-state index contributed by atoms with van der Waals surface area (Å²) in [6.07, 6.45) is 1.48. The van der Waals surface area contributed by atoms with Gasteiger partial charge in [-0.15, -0.1) is 0 Å². The van der Waals surface area contributed by atoms with E-state index < -0.39 is 17.0 Å². The van der Waals surface area contributed by atoms with Gasteiger partial charge in [0.1, 0.15) is 11.6 Å². The first-order valence-corrected chi connectivity index (χ1v) is 6.93. The summed E-state index contributed by atoms with van der Waals surface area (Å²) in [5.41, 5.74) is 5.40. The molecule has 3 N–H and O–H groups in total. The summed E-state index contributed by atoms with van der Waals surface area (Å²) in [4.78, 5) is 4.24. The van der Waals surface area contributed by atoms with Crippen LogP contribution < -0.4 is 11.1 Å². The van der Waals surface area contributed by atoms with E-state index in [9.17, 15) is 8.78 Å². The number of halogens is 2. The fourth-order valence-corrected chi connectivity index (χ4v) is 2.24. The van der Waals surface area contributed by atoms with Crippen LogP contribution in [0.25, 0.3) is 0 Å². The molecule has 1 aromatic carbocycles. The molecule has 0 amide bonds. The summed E-state index contributed by atoms with van der Waals surface area (Å²) in [5, 5.41) is 3.00. The van der Waals surface area contributed by atoms with E-state index >= 15 is 0 Å². The summed E-state index contributed by atoms with van der Waals surface area (Å²) >= 11 is 0. The van der Waals surface area contributed by atoms with Crippen molar-refractivity contribution in [3.63, 3.8) is 0 Å². The van der Waals surface area contributed by atoms with Crippen molar-refractivity contribution in [2.75, 3.05) is 13.1 Å². The largest absolute Gasteiger partial charge is 0.370 e. The Balaban J connectivity index is 2.07. The van der Waals surface area contributed by atoms with Crippen LogP contribution in [0.2, 0.25) is 0 Å². The molecule has 0 saturated heterocycles. The van der Waals surface area contributed by atoms with Gasteiger partial charge in [-0.25, -0.2) is 8.78 Å². The Labute approximate surface area is 118 Å². The maximum absolute atomic E-state index is 13.8. The number of nitrogens with one attached hydrogen (secondary N) is 1. The molecule has 0 aliphatic heterocycles. The van der Waals surface area contributed by atoms with E-state index in [1.54, 1.807) is 0 Å². The molecule has 1 fully saturated rings. The average Bonchev–Trinajstić information content (AvgIpc) is 3.15. The molecule has 0 radical (unpaired) electrons. The fourth-order valence-electron chi connectivity index (χ4n) is 2.24. The second-order valence-corrected chi connectivity index (χ2v) is 5.85. The van der Waals surface area contributed by atoms with Gasteiger partial charge in [0.15, 0.2) is 5.96 Å². The third-order valence-electron chi connectivity index (χ3n) is 3.59. The van der Waals surface area contributed by atoms with E-state index in [4.69, 9.17) is 5.73 Å². The molecule has 20 heavy (non-hydrogen) atoms. The lowest BCUT2D eigenvalue weighted by atomic mass is 9.95. The predicted octanol–water partition coefficient (Wildman–Crippen LogP) is 2.56. The number of aliphatic imine (C=N–C) groups is 1. The van der Waals surface area contributed by atoms with Gasteiger partial charge in [0.2, 0.25) is 0 Å². The van der Waals surface area contributed by atoms with Crippen LogP contribution in [0.1, 0.15) is 32.3 Å². The summed E-state index contributed by atoms with van der Waals surface area (Å²) in [6.45, 7) is 5.19. The molecule has 3 nitrogen and oxygen atoms in total. The maximum Gasteiger partial charge on any atom is 0.188 e. The summed E-state index contributed by atoms with van der Waals surface area (Å²) in [7, 11) is 0. The Morgan fingerprint density at radius 1 is 1.35 bits per heavy atom. The van der Waals surface area contributed by atoms with Crippen LogP contribution in [0, 0.1) is 17.6 Å². The van der Waals surface area contributed by atoms with Crippen LogP contribution in [-0.4, -0.2) is 19.0 Å². The SMILES string of the molecule is CC(C)CNC(N)=NCC1(c2c(F)cccc2F)CC1. The van der Waals surface area contributed by atoms with Gasteiger partial charge in [0.25, 0.3) is 0 Å². The van der Waals surface area contributed by atoms with Gasteiger partial charge in [-0.05, 0) is 30.9 Å². The van der Waals surface area contributed by atoms with E-state index in [2.05, 4.69) is 24.2 Å². The number of nitrogens with two attached hydrogens (primary N) is 1. The topological polar surface area (TPSA) is 50.4 Å². The minimum absolute atomic E-state index is 0.153. The van der Waals surface area contributed by atoms with Gasteiger partial charge >= 0.3 is 0 Å². The van der Waals surface area contributed by atoms with E-state index in [-0.39, 0.29) is 5.56 Å². The molecule has 0 atom stereocenters. The molecule has 1 aliphatic rings. The second kappa shape index (κ2) is 5.77. The molecule has 0 unspecified atom stereocenters. The second-order valence-electron chi connectivity index (χ2n) is 5.85. The van der Waals surface area contributed by atoms with E-state index in [0.717, 1.165) is 19.4 Å². The molecule has 110 valence electrons. The number of rotatable bonds is 5. The van der Waals surface area contributed by atoms with Crippen molar-refractivity contribution < 1.29 is 8.78 Å². The van der Waals surface area contributed by atoms with Crippen LogP contribution in [0.15, 0.2) is 23.2 Å². The first-order valence-electron chi connectivity index (χ1n) is 6.93. The molecule has 0 spiro atoms. The number of nitrogens with zero attached hydrogens (tertiary/aromatic N) is 1. The van der Waals surface area contributed by atoms with Gasteiger partial charge < -0.3 is 11.1 Å². The van der Waals surface area contributed by atoms with Crippen LogP contribution >= 0.6 is 0 Å². The molecule has 2 rings (SSSR count). The van der Waals surface area contributed by atoms with Crippen molar-refractivity contribution in [3.05, 3.63) is 35.4 Å². The quantitative estimate of drug-likeness (QED) is 0.644. The van der Waals surface area contributed by atoms with Crippen molar-refractivity contribution >= 4 is 5.96 Å². The highest BCUT2D eigenvalue weighted by atomic mass is 19.1. The lowest BCUT2D eigenvalue weighted by Crippen LogP contribution is -2.35. The Morgan fingerprint density at radius 2 is 1.95 bits per heavy atom. The molecule has 1 aliphatic carbocycles. The molecular formula is C15H21F2N3. The first-order chi connectivity index (χ1) is 9.44. The monoisotopic (exact) mass is 281 g/mol. The third kappa shape index (κ3) is 3.26. The van der Waals surface area contributed by atoms with E-state index in [0.29, 0.717) is 18.4 Å². The Kier molecular flexibility index (Phi) is 4.26. The van der Waals surface area contributed by atoms with Crippen molar-refractivity contribution in [2.45, 2.75) is 32.1 Å². The average molecular weight is 281 g/mol. The highest BCUT2D eigenvalue weighted by Crippen LogP contribution is 2.50. The minimum Gasteiger partial charge on any atom is -0.370 e. The highest BCUT2D eigenvalue weighted by Gasteiger charge is 2.47. The van der Waals surface area contributed by atoms with Crippen LogP contribution in [0.4, 0.5) is 8.78 Å². The standard InChI is InChI=1S/C15H21F2N3/c1-10(2)8-19-14(18)20-9-15(6-7-15)13-11(16)4-3-5-12(13)17/h3-5,10H,6-9H2,1-2H3,(H3,18,19,20). The maximum atomic E-state index is 13.8. The van der Waals surface area contributed by atoms with Gasteiger partial charge in [0, 0.05) is 17.5 Å². The Hall–Kier alpha value is -1.65. The predicted molar refractivity (Wildman–Crippen MR) is 76.6 cm³/mol. The zero-order chi connectivity index (χ0) is 14.8. The van der Waals surface area contributed by atoms with Crippen molar-refractivity contribution in [1.29, 1.82) is 0 Å².